The van der Waals surface area contributed by atoms with E-state index in [0.29, 0.717) is 5.56 Å². The molecule has 14 nitrogen and oxygen atoms in total. The minimum atomic E-state index is -1.87. The molecule has 1 saturated heterocycles. The monoisotopic (exact) mass is 624 g/mol. The Balaban J connectivity index is 1.59. The van der Waals surface area contributed by atoms with Gasteiger partial charge in [-0.05, 0) is 48.0 Å². The van der Waals surface area contributed by atoms with Crippen LogP contribution in [-0.4, -0.2) is 86.1 Å². The van der Waals surface area contributed by atoms with Crippen LogP contribution >= 0.6 is 0 Å². The van der Waals surface area contributed by atoms with Crippen molar-refractivity contribution in [2.75, 3.05) is 13.7 Å². The number of fused-ring (bicyclic) bond motifs is 1. The lowest BCUT2D eigenvalue weighted by Crippen LogP contribution is -2.61. The van der Waals surface area contributed by atoms with Gasteiger partial charge < -0.3 is 59.1 Å². The molecule has 236 valence electrons. The van der Waals surface area contributed by atoms with Crippen LogP contribution in [0.3, 0.4) is 0 Å². The Morgan fingerprint density at radius 2 is 1.56 bits per heavy atom. The summed E-state index contributed by atoms with van der Waals surface area (Å²) in [5.41, 5.74) is -0.678. The highest BCUT2D eigenvalue weighted by atomic mass is 16.7. The van der Waals surface area contributed by atoms with Crippen LogP contribution < -0.4 is 14.9 Å². The quantitative estimate of drug-likeness (QED) is 0.110. The first kappa shape index (κ1) is 31.2. The summed E-state index contributed by atoms with van der Waals surface area (Å²) in [6, 6.07) is 12.0. The third-order valence-electron chi connectivity index (χ3n) is 6.99. The molecule has 7 N–H and O–H groups in total. The molecule has 5 atom stereocenters. The van der Waals surface area contributed by atoms with E-state index in [4.69, 9.17) is 23.4 Å². The molecule has 0 saturated carbocycles. The van der Waals surface area contributed by atoms with Crippen LogP contribution in [0.25, 0.3) is 28.4 Å². The highest BCUT2D eigenvalue weighted by Crippen LogP contribution is 2.43. The molecule has 0 radical (unpaired) electrons. The molecule has 3 aromatic carbocycles. The largest absolute Gasteiger partial charge is 0.508 e. The van der Waals surface area contributed by atoms with Crippen molar-refractivity contribution in [2.24, 2.45) is 0 Å². The number of benzene rings is 3. The van der Waals surface area contributed by atoms with Gasteiger partial charge in [0.2, 0.25) is 23.2 Å². The smallest absolute Gasteiger partial charge is 0.331 e. The number of aliphatic hydroxyl groups excluding tert-OH is 3. The zero-order chi connectivity index (χ0) is 32.4. The predicted molar refractivity (Wildman–Crippen MR) is 155 cm³/mol. The van der Waals surface area contributed by atoms with Crippen LogP contribution in [0.1, 0.15) is 5.56 Å². The van der Waals surface area contributed by atoms with Crippen molar-refractivity contribution >= 4 is 23.0 Å². The molecule has 0 aliphatic carbocycles. The Kier molecular flexibility index (Phi) is 8.83. The number of aliphatic hydroxyl groups is 3. The highest BCUT2D eigenvalue weighted by Gasteiger charge is 2.48. The van der Waals surface area contributed by atoms with Gasteiger partial charge >= 0.3 is 5.97 Å². The number of hydrogen-bond donors (Lipinski definition) is 7. The van der Waals surface area contributed by atoms with Crippen LogP contribution in [-0.2, 0) is 14.3 Å². The summed E-state index contributed by atoms with van der Waals surface area (Å²) < 4.78 is 28.0. The molecular weight excluding hydrogens is 596 g/mol. The number of carbonyl (C=O) groups excluding carboxylic acids is 1. The molecule has 1 aliphatic rings. The molecule has 1 aliphatic heterocycles. The van der Waals surface area contributed by atoms with E-state index in [0.717, 1.165) is 12.1 Å². The van der Waals surface area contributed by atoms with Crippen LogP contribution in [0.15, 0.2) is 69.9 Å². The molecule has 0 spiro atoms. The van der Waals surface area contributed by atoms with Crippen molar-refractivity contribution in [2.45, 2.75) is 30.7 Å². The van der Waals surface area contributed by atoms with E-state index in [1.807, 2.05) is 0 Å². The van der Waals surface area contributed by atoms with Gasteiger partial charge in [-0.25, -0.2) is 4.79 Å². The van der Waals surface area contributed by atoms with Gasteiger partial charge in [0.25, 0.3) is 0 Å². The standard InChI is InChI=1S/C31H28O14/c1-41-27-19(36)12-18(35)22-24(39)29(26(44-28(22)27)15-5-9-17(34)10-6-15)45-31-30(25(40)23(38)20(13-32)42-31)43-21(37)11-4-14-2-7-16(33)8-3-14/h2-12,20,23,25,30-36,38,40H,13H2,1H3/b11-4+/t20-,23-,25+,30-,31+/m0/s1. The molecular formula is C31H28O14. The minimum absolute atomic E-state index is 0.0121. The van der Waals surface area contributed by atoms with Crippen LogP contribution in [0, 0.1) is 0 Å². The third-order valence-corrected chi connectivity index (χ3v) is 6.99. The molecule has 0 bridgehead atoms. The summed E-state index contributed by atoms with van der Waals surface area (Å²) in [5.74, 6) is -3.58. The summed E-state index contributed by atoms with van der Waals surface area (Å²) in [6.45, 7) is -0.798. The maximum absolute atomic E-state index is 13.9. The fraction of sp³-hybridized carbons (Fsp3) is 0.226. The SMILES string of the molecule is COc1c(O)cc(O)c2c(=O)c(O[C@H]3O[C@@H](CO)[C@H](O)[C@@H](O)[C@@H]3OC(=O)/C=C/c3ccc(O)cc3)c(-c3ccc(O)cc3)oc12. The number of hydrogen-bond acceptors (Lipinski definition) is 14. The summed E-state index contributed by atoms with van der Waals surface area (Å²) in [5, 5.41) is 70.8. The van der Waals surface area contributed by atoms with Crippen molar-refractivity contribution in [3.8, 4) is 45.8 Å². The van der Waals surface area contributed by atoms with Crippen molar-refractivity contribution < 1.29 is 63.9 Å². The van der Waals surface area contributed by atoms with E-state index < -0.39 is 71.3 Å². The van der Waals surface area contributed by atoms with Crippen LogP contribution in [0.4, 0.5) is 0 Å². The Bertz CT molecular complexity index is 1780. The van der Waals surface area contributed by atoms with E-state index >= 15 is 0 Å². The summed E-state index contributed by atoms with van der Waals surface area (Å²) in [4.78, 5) is 26.7. The second-order valence-corrected chi connectivity index (χ2v) is 9.94. The van der Waals surface area contributed by atoms with Gasteiger partial charge in [0.1, 0.15) is 40.9 Å². The molecule has 4 aromatic rings. The molecule has 45 heavy (non-hydrogen) atoms. The molecule has 14 heteroatoms. The molecule has 5 rings (SSSR count). The predicted octanol–water partition coefficient (Wildman–Crippen LogP) is 1.73. The molecule has 0 unspecified atom stereocenters. The molecule has 1 aromatic heterocycles. The first-order chi connectivity index (χ1) is 21.5. The second kappa shape index (κ2) is 12.8. The summed E-state index contributed by atoms with van der Waals surface area (Å²) in [6.07, 6.45) is -6.30. The molecule has 2 heterocycles. The van der Waals surface area contributed by atoms with Crippen LogP contribution in [0.2, 0.25) is 0 Å². The van der Waals surface area contributed by atoms with Crippen molar-refractivity contribution in [3.05, 3.63) is 76.5 Å². The van der Waals surface area contributed by atoms with Gasteiger partial charge in [-0.15, -0.1) is 0 Å². The number of carbonyl (C=O) groups is 1. The highest BCUT2D eigenvalue weighted by molar-refractivity contribution is 5.93. The fourth-order valence-electron chi connectivity index (χ4n) is 4.72. The first-order valence-electron chi connectivity index (χ1n) is 13.4. The molecule has 1 fully saturated rings. The third kappa shape index (κ3) is 6.21. The summed E-state index contributed by atoms with van der Waals surface area (Å²) in [7, 11) is 1.20. The van der Waals surface area contributed by atoms with Gasteiger partial charge in [-0.3, -0.25) is 4.79 Å². The lowest BCUT2D eigenvalue weighted by atomic mass is 9.99. The normalized spacial score (nSPS) is 21.6. The first-order valence-corrected chi connectivity index (χ1v) is 13.4. The molecule has 0 amide bonds. The lowest BCUT2D eigenvalue weighted by Gasteiger charge is -2.41. The lowest BCUT2D eigenvalue weighted by molar-refractivity contribution is -0.281. The average molecular weight is 625 g/mol. The maximum atomic E-state index is 13.9. The Labute approximate surface area is 253 Å². The van der Waals surface area contributed by atoms with Gasteiger partial charge in [0.15, 0.2) is 23.2 Å². The van der Waals surface area contributed by atoms with Crippen LogP contribution in [0.5, 0.6) is 34.5 Å². The van der Waals surface area contributed by atoms with Crippen molar-refractivity contribution in [1.29, 1.82) is 0 Å². The number of phenols is 4. The minimum Gasteiger partial charge on any atom is -0.508 e. The fourth-order valence-corrected chi connectivity index (χ4v) is 4.72. The van der Waals surface area contributed by atoms with E-state index in [1.54, 1.807) is 0 Å². The van der Waals surface area contributed by atoms with E-state index in [9.17, 15) is 45.3 Å². The van der Waals surface area contributed by atoms with E-state index in [-0.39, 0.29) is 34.2 Å². The number of aromatic hydroxyl groups is 4. The Morgan fingerprint density at radius 3 is 2.18 bits per heavy atom. The van der Waals surface area contributed by atoms with Gasteiger partial charge in [0.05, 0.1) is 13.7 Å². The Morgan fingerprint density at radius 1 is 0.911 bits per heavy atom. The van der Waals surface area contributed by atoms with Gasteiger partial charge in [-0.2, -0.15) is 0 Å². The Hall–Kier alpha value is -5.28. The van der Waals surface area contributed by atoms with Crippen molar-refractivity contribution in [1.82, 2.24) is 0 Å². The maximum Gasteiger partial charge on any atom is 0.331 e. The number of esters is 1. The number of rotatable bonds is 8. The summed E-state index contributed by atoms with van der Waals surface area (Å²) >= 11 is 0. The zero-order valence-electron chi connectivity index (χ0n) is 23.4. The van der Waals surface area contributed by atoms with E-state index in [2.05, 4.69) is 0 Å². The topological polar surface area (TPSA) is 226 Å². The van der Waals surface area contributed by atoms with Gasteiger partial charge in [-0.1, -0.05) is 12.1 Å². The number of methoxy groups -OCH3 is 1. The second-order valence-electron chi connectivity index (χ2n) is 9.94. The average Bonchev–Trinajstić information content (AvgIpc) is 3.01. The van der Waals surface area contributed by atoms with Crippen molar-refractivity contribution in [3.63, 3.8) is 0 Å². The number of phenolic OH excluding ortho intramolecular Hbond substituents is 4. The van der Waals surface area contributed by atoms with E-state index in [1.165, 1.54) is 61.7 Å². The number of ether oxygens (including phenoxy) is 4. The zero-order valence-corrected chi connectivity index (χ0v) is 23.4. The van der Waals surface area contributed by atoms with Gasteiger partial charge in [0, 0.05) is 17.7 Å².